The Morgan fingerprint density at radius 2 is 2.14 bits per heavy atom. The van der Waals surface area contributed by atoms with E-state index in [9.17, 15) is 8.78 Å². The third-order valence-corrected chi connectivity index (χ3v) is 2.31. The predicted octanol–water partition coefficient (Wildman–Crippen LogP) is 2.64. The Balaban J connectivity index is 2.25. The summed E-state index contributed by atoms with van der Waals surface area (Å²) in [4.78, 5) is 7.25. The van der Waals surface area contributed by atoms with E-state index >= 15 is 0 Å². The zero-order valence-electron chi connectivity index (χ0n) is 7.17. The molecule has 6 heteroatoms. The lowest BCUT2D eigenvalue weighted by Crippen LogP contribution is -2.06. The number of rotatable bonds is 3. The van der Waals surface area contributed by atoms with Gasteiger partial charge in [-0.05, 0) is 12.8 Å². The second-order valence-electron chi connectivity index (χ2n) is 3.14. The van der Waals surface area contributed by atoms with Crippen LogP contribution in [0.1, 0.15) is 25.0 Å². The van der Waals surface area contributed by atoms with Crippen molar-refractivity contribution in [1.29, 1.82) is 0 Å². The topological polar surface area (TPSA) is 37.8 Å². The fourth-order valence-corrected chi connectivity index (χ4v) is 1.29. The van der Waals surface area contributed by atoms with Crippen LogP contribution < -0.4 is 5.32 Å². The predicted molar refractivity (Wildman–Crippen MR) is 48.6 cm³/mol. The molecule has 0 saturated heterocycles. The number of halogens is 3. The summed E-state index contributed by atoms with van der Waals surface area (Å²) in [6.07, 6.45) is 0.498. The maximum Gasteiger partial charge on any atom is 0.282 e. The summed E-state index contributed by atoms with van der Waals surface area (Å²) < 4.78 is 24.7. The molecule has 1 aliphatic carbocycles. The Morgan fingerprint density at radius 1 is 1.43 bits per heavy atom. The maximum absolute atomic E-state index is 12.4. The third-order valence-electron chi connectivity index (χ3n) is 1.94. The minimum atomic E-state index is -2.66. The molecule has 1 aromatic heterocycles. The minimum absolute atomic E-state index is 0.0746. The highest BCUT2D eigenvalue weighted by Gasteiger charge is 2.24. The first kappa shape index (κ1) is 9.58. The highest BCUT2D eigenvalue weighted by molar-refractivity contribution is 6.33. The molecule has 76 valence electrons. The molecular weight excluding hydrogens is 212 g/mol. The Labute approximate surface area is 84.5 Å². The van der Waals surface area contributed by atoms with Crippen LogP contribution in [0.3, 0.4) is 0 Å². The van der Waals surface area contributed by atoms with E-state index in [1.807, 2.05) is 0 Å². The van der Waals surface area contributed by atoms with Crippen molar-refractivity contribution in [2.75, 3.05) is 5.32 Å². The van der Waals surface area contributed by atoms with Crippen molar-refractivity contribution in [3.05, 3.63) is 17.0 Å². The SMILES string of the molecule is FC(F)c1ncnc(NC2CC2)c1Cl. The van der Waals surface area contributed by atoms with Gasteiger partial charge in [-0.25, -0.2) is 18.7 Å². The van der Waals surface area contributed by atoms with Gasteiger partial charge in [0.15, 0.2) is 0 Å². The van der Waals surface area contributed by atoms with E-state index in [0.29, 0.717) is 11.9 Å². The highest BCUT2D eigenvalue weighted by Crippen LogP contribution is 2.32. The van der Waals surface area contributed by atoms with Crippen LogP contribution in [-0.4, -0.2) is 16.0 Å². The van der Waals surface area contributed by atoms with E-state index in [1.165, 1.54) is 0 Å². The van der Waals surface area contributed by atoms with Crippen molar-refractivity contribution in [2.45, 2.75) is 25.3 Å². The molecule has 1 saturated carbocycles. The number of anilines is 1. The molecule has 3 nitrogen and oxygen atoms in total. The molecule has 2 rings (SSSR count). The van der Waals surface area contributed by atoms with Gasteiger partial charge in [0.05, 0.1) is 0 Å². The van der Waals surface area contributed by atoms with Crippen LogP contribution in [-0.2, 0) is 0 Å². The van der Waals surface area contributed by atoms with Crippen molar-refractivity contribution in [3.8, 4) is 0 Å². The second-order valence-corrected chi connectivity index (χ2v) is 3.52. The molecular formula is C8H8ClF2N3. The standard InChI is InChI=1S/C8H8ClF2N3/c9-5-6(7(10)11)12-3-13-8(5)14-4-1-2-4/h3-4,7H,1-2H2,(H,12,13,14). The number of alkyl halides is 2. The Morgan fingerprint density at radius 3 is 2.71 bits per heavy atom. The van der Waals surface area contributed by atoms with E-state index in [0.717, 1.165) is 19.2 Å². The molecule has 1 heterocycles. The van der Waals surface area contributed by atoms with Crippen molar-refractivity contribution in [2.24, 2.45) is 0 Å². The molecule has 0 aromatic carbocycles. The largest absolute Gasteiger partial charge is 0.366 e. The Bertz CT molecular complexity index is 341. The quantitative estimate of drug-likeness (QED) is 0.849. The molecule has 0 unspecified atom stereocenters. The molecule has 14 heavy (non-hydrogen) atoms. The first-order chi connectivity index (χ1) is 6.68. The fourth-order valence-electron chi connectivity index (χ4n) is 1.06. The second kappa shape index (κ2) is 3.65. The summed E-state index contributed by atoms with van der Waals surface area (Å²) in [5, 5.41) is 2.89. The molecule has 0 radical (unpaired) electrons. The van der Waals surface area contributed by atoms with Crippen molar-refractivity contribution in [3.63, 3.8) is 0 Å². The van der Waals surface area contributed by atoms with Gasteiger partial charge in [-0.15, -0.1) is 0 Å². The van der Waals surface area contributed by atoms with Gasteiger partial charge >= 0.3 is 0 Å². The molecule has 1 aliphatic rings. The molecule has 1 aromatic rings. The van der Waals surface area contributed by atoms with Gasteiger partial charge in [0.25, 0.3) is 6.43 Å². The zero-order valence-corrected chi connectivity index (χ0v) is 7.93. The fraction of sp³-hybridized carbons (Fsp3) is 0.500. The molecule has 1 fully saturated rings. The number of nitrogens with one attached hydrogen (secondary N) is 1. The lowest BCUT2D eigenvalue weighted by atomic mass is 10.4. The average molecular weight is 220 g/mol. The van der Waals surface area contributed by atoms with E-state index in [2.05, 4.69) is 15.3 Å². The summed E-state index contributed by atoms with van der Waals surface area (Å²) >= 11 is 5.71. The van der Waals surface area contributed by atoms with Gasteiger partial charge in [-0.3, -0.25) is 0 Å². The van der Waals surface area contributed by atoms with Crippen molar-refractivity contribution in [1.82, 2.24) is 9.97 Å². The van der Waals surface area contributed by atoms with Gasteiger partial charge in [0.2, 0.25) is 0 Å². The van der Waals surface area contributed by atoms with Crippen LogP contribution in [0.15, 0.2) is 6.33 Å². The molecule has 0 amide bonds. The van der Waals surface area contributed by atoms with Gasteiger partial charge in [-0.1, -0.05) is 11.6 Å². The van der Waals surface area contributed by atoms with Gasteiger partial charge in [0, 0.05) is 6.04 Å². The Kier molecular flexibility index (Phi) is 2.50. The minimum Gasteiger partial charge on any atom is -0.366 e. The van der Waals surface area contributed by atoms with Crippen molar-refractivity contribution >= 4 is 17.4 Å². The van der Waals surface area contributed by atoms with Crippen LogP contribution in [0, 0.1) is 0 Å². The molecule has 0 spiro atoms. The summed E-state index contributed by atoms with van der Waals surface area (Å²) in [5.41, 5.74) is -0.412. The highest BCUT2D eigenvalue weighted by atomic mass is 35.5. The lowest BCUT2D eigenvalue weighted by Gasteiger charge is -2.07. The molecule has 0 atom stereocenters. The van der Waals surface area contributed by atoms with E-state index in [4.69, 9.17) is 11.6 Å². The summed E-state index contributed by atoms with van der Waals surface area (Å²) in [5.74, 6) is 0.305. The maximum atomic E-state index is 12.4. The number of nitrogens with zero attached hydrogens (tertiary/aromatic N) is 2. The van der Waals surface area contributed by atoms with Crippen LogP contribution >= 0.6 is 11.6 Å². The summed E-state index contributed by atoms with van der Waals surface area (Å²) in [7, 11) is 0. The summed E-state index contributed by atoms with van der Waals surface area (Å²) in [6.45, 7) is 0. The Hall–Kier alpha value is -0.970. The third kappa shape index (κ3) is 1.92. The molecule has 0 bridgehead atoms. The first-order valence-electron chi connectivity index (χ1n) is 4.23. The number of hydrogen-bond acceptors (Lipinski definition) is 3. The number of hydrogen-bond donors (Lipinski definition) is 1. The van der Waals surface area contributed by atoms with Gasteiger partial charge in [0.1, 0.15) is 22.9 Å². The summed E-state index contributed by atoms with van der Waals surface area (Å²) in [6, 6.07) is 0.327. The zero-order chi connectivity index (χ0) is 10.1. The van der Waals surface area contributed by atoms with E-state index in [1.54, 1.807) is 0 Å². The van der Waals surface area contributed by atoms with E-state index in [-0.39, 0.29) is 5.02 Å². The van der Waals surface area contributed by atoms with E-state index < -0.39 is 12.1 Å². The van der Waals surface area contributed by atoms with Gasteiger partial charge in [-0.2, -0.15) is 0 Å². The van der Waals surface area contributed by atoms with Gasteiger partial charge < -0.3 is 5.32 Å². The molecule has 1 N–H and O–H groups in total. The smallest absolute Gasteiger partial charge is 0.282 e. The van der Waals surface area contributed by atoms with Crippen molar-refractivity contribution < 1.29 is 8.78 Å². The van der Waals surface area contributed by atoms with Crippen LogP contribution in [0.4, 0.5) is 14.6 Å². The molecule has 0 aliphatic heterocycles. The monoisotopic (exact) mass is 219 g/mol. The first-order valence-corrected chi connectivity index (χ1v) is 4.61. The van der Waals surface area contributed by atoms with Crippen LogP contribution in [0.25, 0.3) is 0 Å². The number of aromatic nitrogens is 2. The normalized spacial score (nSPS) is 16.0. The lowest BCUT2D eigenvalue weighted by molar-refractivity contribution is 0.146. The van der Waals surface area contributed by atoms with Crippen LogP contribution in [0.5, 0.6) is 0 Å². The average Bonchev–Trinajstić information content (AvgIpc) is 2.92. The van der Waals surface area contributed by atoms with Crippen LogP contribution in [0.2, 0.25) is 5.02 Å².